The van der Waals surface area contributed by atoms with Crippen LogP contribution in [-0.2, 0) is 16.0 Å². The van der Waals surface area contributed by atoms with Crippen molar-refractivity contribution in [3.63, 3.8) is 0 Å². The maximum atomic E-state index is 12.8. The molecule has 172 valence electrons. The summed E-state index contributed by atoms with van der Waals surface area (Å²) in [7, 11) is 4.74. The average Bonchev–Trinajstić information content (AvgIpc) is 2.83. The SMILES string of the molecule is COc1cccc(CC(=O)N2CCN(C(C)C(=O)Nc3ccc(OC)c(OC)c3)CC2)c1. The first-order valence-electron chi connectivity index (χ1n) is 10.6. The number of anilines is 1. The van der Waals surface area contributed by atoms with Crippen LogP contribution in [0.25, 0.3) is 0 Å². The Bertz CT molecular complexity index is 941. The van der Waals surface area contributed by atoms with E-state index in [1.54, 1.807) is 39.5 Å². The first kappa shape index (κ1) is 23.4. The smallest absolute Gasteiger partial charge is 0.241 e. The fraction of sp³-hybridized carbons (Fsp3) is 0.417. The average molecular weight is 442 g/mol. The number of ether oxygens (including phenoxy) is 3. The van der Waals surface area contributed by atoms with Crippen molar-refractivity contribution in [2.75, 3.05) is 52.8 Å². The molecule has 0 aromatic heterocycles. The molecule has 0 spiro atoms. The molecule has 1 N–H and O–H groups in total. The molecule has 1 fully saturated rings. The van der Waals surface area contributed by atoms with Crippen LogP contribution >= 0.6 is 0 Å². The number of benzene rings is 2. The first-order valence-corrected chi connectivity index (χ1v) is 10.6. The molecule has 0 saturated carbocycles. The number of amides is 2. The summed E-state index contributed by atoms with van der Waals surface area (Å²) in [5.41, 5.74) is 1.58. The van der Waals surface area contributed by atoms with Gasteiger partial charge in [-0.1, -0.05) is 12.1 Å². The second kappa shape index (κ2) is 10.9. The van der Waals surface area contributed by atoms with Gasteiger partial charge in [0.2, 0.25) is 11.8 Å². The van der Waals surface area contributed by atoms with Gasteiger partial charge < -0.3 is 24.4 Å². The third-order valence-corrected chi connectivity index (χ3v) is 5.73. The number of carbonyl (C=O) groups excluding carboxylic acids is 2. The molecule has 2 amide bonds. The summed E-state index contributed by atoms with van der Waals surface area (Å²) in [6.07, 6.45) is 0.340. The third-order valence-electron chi connectivity index (χ3n) is 5.73. The molecule has 1 heterocycles. The zero-order chi connectivity index (χ0) is 23.1. The van der Waals surface area contributed by atoms with Crippen LogP contribution in [0.1, 0.15) is 12.5 Å². The molecule has 32 heavy (non-hydrogen) atoms. The predicted molar refractivity (Wildman–Crippen MR) is 122 cm³/mol. The van der Waals surface area contributed by atoms with Crippen LogP contribution in [0.5, 0.6) is 17.2 Å². The minimum absolute atomic E-state index is 0.0836. The molecule has 3 rings (SSSR count). The maximum absolute atomic E-state index is 12.8. The highest BCUT2D eigenvalue weighted by Crippen LogP contribution is 2.29. The van der Waals surface area contributed by atoms with E-state index in [-0.39, 0.29) is 17.9 Å². The number of rotatable bonds is 8. The number of carbonyl (C=O) groups is 2. The van der Waals surface area contributed by atoms with E-state index in [2.05, 4.69) is 10.2 Å². The lowest BCUT2D eigenvalue weighted by Gasteiger charge is -2.37. The van der Waals surface area contributed by atoms with Gasteiger partial charge in [-0.05, 0) is 36.8 Å². The van der Waals surface area contributed by atoms with Crippen LogP contribution in [0.2, 0.25) is 0 Å². The lowest BCUT2D eigenvalue weighted by molar-refractivity contribution is -0.133. The Balaban J connectivity index is 1.51. The molecule has 1 aliphatic rings. The molecule has 1 atom stereocenters. The third kappa shape index (κ3) is 5.70. The van der Waals surface area contributed by atoms with E-state index in [9.17, 15) is 9.59 Å². The second-order valence-corrected chi connectivity index (χ2v) is 7.68. The van der Waals surface area contributed by atoms with Crippen molar-refractivity contribution in [1.29, 1.82) is 0 Å². The molecule has 2 aromatic rings. The Labute approximate surface area is 189 Å². The molecule has 1 unspecified atom stereocenters. The maximum Gasteiger partial charge on any atom is 0.241 e. The quantitative estimate of drug-likeness (QED) is 0.678. The van der Waals surface area contributed by atoms with Crippen molar-refractivity contribution in [1.82, 2.24) is 9.80 Å². The van der Waals surface area contributed by atoms with Crippen molar-refractivity contribution >= 4 is 17.5 Å². The highest BCUT2D eigenvalue weighted by molar-refractivity contribution is 5.94. The number of hydrogen-bond acceptors (Lipinski definition) is 6. The fourth-order valence-corrected chi connectivity index (χ4v) is 3.75. The Morgan fingerprint density at radius 3 is 2.31 bits per heavy atom. The Morgan fingerprint density at radius 2 is 1.66 bits per heavy atom. The van der Waals surface area contributed by atoms with E-state index in [4.69, 9.17) is 14.2 Å². The summed E-state index contributed by atoms with van der Waals surface area (Å²) in [5, 5.41) is 2.93. The fourth-order valence-electron chi connectivity index (χ4n) is 3.75. The normalized spacial score (nSPS) is 15.1. The van der Waals surface area contributed by atoms with Crippen LogP contribution < -0.4 is 19.5 Å². The van der Waals surface area contributed by atoms with Crippen molar-refractivity contribution in [3.8, 4) is 17.2 Å². The molecule has 1 aliphatic heterocycles. The zero-order valence-corrected chi connectivity index (χ0v) is 19.1. The van der Waals surface area contributed by atoms with Gasteiger partial charge in [0, 0.05) is 37.9 Å². The van der Waals surface area contributed by atoms with Gasteiger partial charge in [0.15, 0.2) is 11.5 Å². The van der Waals surface area contributed by atoms with Crippen molar-refractivity contribution in [2.24, 2.45) is 0 Å². The van der Waals surface area contributed by atoms with Crippen LogP contribution in [0.15, 0.2) is 42.5 Å². The summed E-state index contributed by atoms with van der Waals surface area (Å²) in [5.74, 6) is 1.89. The van der Waals surface area contributed by atoms with E-state index in [0.717, 1.165) is 11.3 Å². The lowest BCUT2D eigenvalue weighted by Crippen LogP contribution is -2.54. The molecule has 8 heteroatoms. The number of nitrogens with zero attached hydrogens (tertiary/aromatic N) is 2. The van der Waals surface area contributed by atoms with Gasteiger partial charge in [0.1, 0.15) is 5.75 Å². The molecular formula is C24H31N3O5. The number of nitrogens with one attached hydrogen (secondary N) is 1. The van der Waals surface area contributed by atoms with E-state index >= 15 is 0 Å². The molecular weight excluding hydrogens is 410 g/mol. The van der Waals surface area contributed by atoms with Crippen molar-refractivity contribution in [2.45, 2.75) is 19.4 Å². The highest BCUT2D eigenvalue weighted by atomic mass is 16.5. The standard InChI is InChI=1S/C24H31N3O5/c1-17(24(29)25-19-8-9-21(31-3)22(16-19)32-4)26-10-12-27(13-11-26)23(28)15-18-6-5-7-20(14-18)30-2/h5-9,14,16-17H,10-13,15H2,1-4H3,(H,25,29). The molecule has 1 saturated heterocycles. The molecule has 0 bridgehead atoms. The zero-order valence-electron chi connectivity index (χ0n) is 19.1. The second-order valence-electron chi connectivity index (χ2n) is 7.68. The van der Waals surface area contributed by atoms with Gasteiger partial charge in [-0.15, -0.1) is 0 Å². The van der Waals surface area contributed by atoms with Gasteiger partial charge >= 0.3 is 0 Å². The summed E-state index contributed by atoms with van der Waals surface area (Å²) in [4.78, 5) is 29.4. The minimum Gasteiger partial charge on any atom is -0.497 e. The predicted octanol–water partition coefficient (Wildman–Crippen LogP) is 2.43. The van der Waals surface area contributed by atoms with Gasteiger partial charge in [0.25, 0.3) is 0 Å². The number of piperazine rings is 1. The van der Waals surface area contributed by atoms with E-state index < -0.39 is 0 Å². The van der Waals surface area contributed by atoms with E-state index in [1.165, 1.54) is 0 Å². The molecule has 8 nitrogen and oxygen atoms in total. The van der Waals surface area contributed by atoms with Crippen LogP contribution in [-0.4, -0.2) is 75.2 Å². The summed E-state index contributed by atoms with van der Waals surface area (Å²) >= 11 is 0. The lowest BCUT2D eigenvalue weighted by atomic mass is 10.1. The Hall–Kier alpha value is -3.26. The van der Waals surface area contributed by atoms with Gasteiger partial charge in [-0.2, -0.15) is 0 Å². The van der Waals surface area contributed by atoms with Gasteiger partial charge in [0.05, 0.1) is 33.8 Å². The summed E-state index contributed by atoms with van der Waals surface area (Å²) < 4.78 is 15.8. The summed E-state index contributed by atoms with van der Waals surface area (Å²) in [6.45, 7) is 4.35. The Kier molecular flexibility index (Phi) is 7.94. The van der Waals surface area contributed by atoms with E-state index in [1.807, 2.05) is 36.1 Å². The van der Waals surface area contributed by atoms with Crippen LogP contribution in [0.3, 0.4) is 0 Å². The monoisotopic (exact) mass is 441 g/mol. The minimum atomic E-state index is -0.321. The van der Waals surface area contributed by atoms with Crippen molar-refractivity contribution < 1.29 is 23.8 Å². The highest BCUT2D eigenvalue weighted by Gasteiger charge is 2.27. The molecule has 2 aromatic carbocycles. The van der Waals surface area contributed by atoms with E-state index in [0.29, 0.717) is 49.8 Å². The Morgan fingerprint density at radius 1 is 0.938 bits per heavy atom. The van der Waals surface area contributed by atoms with Crippen LogP contribution in [0, 0.1) is 0 Å². The molecule has 0 radical (unpaired) electrons. The van der Waals surface area contributed by atoms with Gasteiger partial charge in [-0.3, -0.25) is 14.5 Å². The molecule has 0 aliphatic carbocycles. The number of methoxy groups -OCH3 is 3. The topological polar surface area (TPSA) is 80.3 Å². The number of hydrogen-bond donors (Lipinski definition) is 1. The summed E-state index contributed by atoms with van der Waals surface area (Å²) in [6, 6.07) is 12.5. The van der Waals surface area contributed by atoms with Crippen molar-refractivity contribution in [3.05, 3.63) is 48.0 Å². The van der Waals surface area contributed by atoms with Crippen LogP contribution in [0.4, 0.5) is 5.69 Å². The largest absolute Gasteiger partial charge is 0.497 e. The first-order chi connectivity index (χ1) is 15.4. The van der Waals surface area contributed by atoms with Gasteiger partial charge in [-0.25, -0.2) is 0 Å².